The van der Waals surface area contributed by atoms with Gasteiger partial charge in [-0.05, 0) is 31.1 Å². The normalized spacial score (nSPS) is 24.1. The fourth-order valence-corrected chi connectivity index (χ4v) is 1.65. The molecule has 0 unspecified atom stereocenters. The highest BCUT2D eigenvalue weighted by Gasteiger charge is 2.51. The van der Waals surface area contributed by atoms with Crippen molar-refractivity contribution in [1.29, 1.82) is 0 Å². The van der Waals surface area contributed by atoms with Crippen LogP contribution in [0.4, 0.5) is 8.78 Å². The van der Waals surface area contributed by atoms with Crippen molar-refractivity contribution in [3.8, 4) is 0 Å². The molecule has 0 radical (unpaired) electrons. The summed E-state index contributed by atoms with van der Waals surface area (Å²) in [5, 5.41) is 3.89. The first-order valence-electron chi connectivity index (χ1n) is 4.27. The molecule has 2 aliphatic carbocycles. The van der Waals surface area contributed by atoms with E-state index in [9.17, 15) is 8.78 Å². The van der Waals surface area contributed by atoms with E-state index in [1.165, 1.54) is 12.8 Å². The zero-order chi connectivity index (χ0) is 8.60. The molecule has 1 spiro atoms. The number of rotatable bonds is 3. The maximum absolute atomic E-state index is 11.6. The van der Waals surface area contributed by atoms with E-state index in [0.717, 1.165) is 18.6 Å². The molecule has 2 rings (SSSR count). The van der Waals surface area contributed by atoms with E-state index in [1.807, 2.05) is 0 Å². The Kier molecular flexibility index (Phi) is 1.77. The lowest BCUT2D eigenvalue weighted by Gasteiger charge is -2.27. The molecule has 0 aromatic rings. The first-order valence-corrected chi connectivity index (χ1v) is 4.27. The van der Waals surface area contributed by atoms with Gasteiger partial charge in [-0.25, -0.2) is 8.78 Å². The SMILES string of the molecule is FC(F)CNN=C1CC2(CC2)C1. The summed E-state index contributed by atoms with van der Waals surface area (Å²) in [5.41, 5.74) is 4.03. The number of hydrazone groups is 1. The van der Waals surface area contributed by atoms with Crippen molar-refractivity contribution >= 4 is 5.71 Å². The van der Waals surface area contributed by atoms with E-state index in [0.29, 0.717) is 5.41 Å². The van der Waals surface area contributed by atoms with Gasteiger partial charge in [0, 0.05) is 5.71 Å². The molecule has 2 aliphatic rings. The van der Waals surface area contributed by atoms with Gasteiger partial charge in [-0.1, -0.05) is 0 Å². The number of nitrogens with one attached hydrogen (secondary N) is 1. The van der Waals surface area contributed by atoms with Crippen LogP contribution in [-0.2, 0) is 0 Å². The Hall–Kier alpha value is -0.670. The van der Waals surface area contributed by atoms with E-state index in [-0.39, 0.29) is 6.54 Å². The second kappa shape index (κ2) is 2.68. The van der Waals surface area contributed by atoms with Gasteiger partial charge in [-0.15, -0.1) is 0 Å². The van der Waals surface area contributed by atoms with Gasteiger partial charge in [0.2, 0.25) is 0 Å². The van der Waals surface area contributed by atoms with Gasteiger partial charge in [0.15, 0.2) is 0 Å². The maximum Gasteiger partial charge on any atom is 0.257 e. The van der Waals surface area contributed by atoms with E-state index in [4.69, 9.17) is 0 Å². The average molecular weight is 174 g/mol. The monoisotopic (exact) mass is 174 g/mol. The first kappa shape index (κ1) is 7.95. The number of halogens is 2. The second-order valence-electron chi connectivity index (χ2n) is 3.78. The van der Waals surface area contributed by atoms with Crippen molar-refractivity contribution in [2.75, 3.05) is 6.54 Å². The Morgan fingerprint density at radius 1 is 1.42 bits per heavy atom. The molecule has 1 N–H and O–H groups in total. The lowest BCUT2D eigenvalue weighted by atomic mass is 9.80. The molecule has 68 valence electrons. The van der Waals surface area contributed by atoms with E-state index in [2.05, 4.69) is 10.5 Å². The third kappa shape index (κ3) is 1.57. The van der Waals surface area contributed by atoms with Gasteiger partial charge in [-0.2, -0.15) is 5.10 Å². The van der Waals surface area contributed by atoms with Crippen LogP contribution in [0, 0.1) is 5.41 Å². The molecule has 12 heavy (non-hydrogen) atoms. The molecule has 0 amide bonds. The molecule has 0 aliphatic heterocycles. The molecule has 0 aromatic heterocycles. The average Bonchev–Trinajstić information content (AvgIpc) is 2.64. The van der Waals surface area contributed by atoms with Crippen LogP contribution < -0.4 is 5.43 Å². The van der Waals surface area contributed by atoms with Crippen molar-refractivity contribution < 1.29 is 8.78 Å². The lowest BCUT2D eigenvalue weighted by molar-refractivity contribution is 0.146. The van der Waals surface area contributed by atoms with Gasteiger partial charge >= 0.3 is 0 Å². The van der Waals surface area contributed by atoms with Crippen LogP contribution in [0.1, 0.15) is 25.7 Å². The fourth-order valence-electron chi connectivity index (χ4n) is 1.65. The Bertz CT molecular complexity index is 199. The highest BCUT2D eigenvalue weighted by atomic mass is 19.3. The quantitative estimate of drug-likeness (QED) is 0.648. The smallest absolute Gasteiger partial charge is 0.257 e. The molecule has 0 aromatic carbocycles. The lowest BCUT2D eigenvalue weighted by Crippen LogP contribution is -2.28. The van der Waals surface area contributed by atoms with Crippen LogP contribution in [0.15, 0.2) is 5.10 Å². The minimum absolute atomic E-state index is 0.323. The first-order chi connectivity index (χ1) is 5.70. The highest BCUT2D eigenvalue weighted by Crippen LogP contribution is 2.59. The van der Waals surface area contributed by atoms with E-state index < -0.39 is 6.43 Å². The number of alkyl halides is 2. The summed E-state index contributed by atoms with van der Waals surface area (Å²) in [6.45, 7) is -0.323. The third-order valence-electron chi connectivity index (χ3n) is 2.60. The van der Waals surface area contributed by atoms with Crippen LogP contribution in [-0.4, -0.2) is 18.7 Å². The van der Waals surface area contributed by atoms with Gasteiger partial charge in [0.1, 0.15) is 0 Å². The number of hydrogen-bond acceptors (Lipinski definition) is 2. The highest BCUT2D eigenvalue weighted by molar-refractivity contribution is 5.92. The van der Waals surface area contributed by atoms with Crippen molar-refractivity contribution in [3.63, 3.8) is 0 Å². The van der Waals surface area contributed by atoms with E-state index in [1.54, 1.807) is 0 Å². The molecule has 2 saturated carbocycles. The Morgan fingerprint density at radius 3 is 2.58 bits per heavy atom. The standard InChI is InChI=1S/C8H12F2N2/c9-7(10)5-11-12-6-3-8(4-6)1-2-8/h7,11H,1-5H2. The zero-order valence-electron chi connectivity index (χ0n) is 6.82. The molecular weight excluding hydrogens is 162 g/mol. The van der Waals surface area contributed by atoms with Gasteiger partial charge in [-0.3, -0.25) is 0 Å². The molecule has 0 saturated heterocycles. The summed E-state index contributed by atoms with van der Waals surface area (Å²) in [5.74, 6) is 0. The Morgan fingerprint density at radius 2 is 2.08 bits per heavy atom. The van der Waals surface area contributed by atoms with Crippen molar-refractivity contribution in [2.45, 2.75) is 32.1 Å². The molecule has 0 bridgehead atoms. The maximum atomic E-state index is 11.6. The van der Waals surface area contributed by atoms with Crippen LogP contribution in [0.3, 0.4) is 0 Å². The molecule has 0 atom stereocenters. The molecule has 2 nitrogen and oxygen atoms in total. The number of hydrogen-bond donors (Lipinski definition) is 1. The summed E-state index contributed by atoms with van der Waals surface area (Å²) in [7, 11) is 0. The van der Waals surface area contributed by atoms with Gasteiger partial charge in [0.25, 0.3) is 6.43 Å². The minimum Gasteiger partial charge on any atom is -0.304 e. The Labute approximate surface area is 70.0 Å². The van der Waals surface area contributed by atoms with E-state index >= 15 is 0 Å². The fraction of sp³-hybridized carbons (Fsp3) is 0.875. The topological polar surface area (TPSA) is 24.4 Å². The minimum atomic E-state index is -2.30. The summed E-state index contributed by atoms with van der Waals surface area (Å²) >= 11 is 0. The molecule has 0 heterocycles. The molecular formula is C8H12F2N2. The van der Waals surface area contributed by atoms with Gasteiger partial charge in [0.05, 0.1) is 6.54 Å². The van der Waals surface area contributed by atoms with Gasteiger partial charge < -0.3 is 5.43 Å². The van der Waals surface area contributed by atoms with Crippen LogP contribution >= 0.6 is 0 Å². The van der Waals surface area contributed by atoms with Crippen molar-refractivity contribution in [3.05, 3.63) is 0 Å². The predicted molar refractivity (Wildman–Crippen MR) is 42.3 cm³/mol. The second-order valence-corrected chi connectivity index (χ2v) is 3.78. The van der Waals surface area contributed by atoms with Crippen LogP contribution in [0.5, 0.6) is 0 Å². The molecule has 4 heteroatoms. The summed E-state index contributed by atoms with van der Waals surface area (Å²) in [4.78, 5) is 0. The third-order valence-corrected chi connectivity index (χ3v) is 2.60. The summed E-state index contributed by atoms with van der Waals surface area (Å²) < 4.78 is 23.3. The summed E-state index contributed by atoms with van der Waals surface area (Å²) in [6.07, 6.45) is 2.37. The Balaban J connectivity index is 1.66. The summed E-state index contributed by atoms with van der Waals surface area (Å²) in [6, 6.07) is 0. The van der Waals surface area contributed by atoms with Crippen LogP contribution in [0.2, 0.25) is 0 Å². The van der Waals surface area contributed by atoms with Crippen molar-refractivity contribution in [2.24, 2.45) is 10.5 Å². The van der Waals surface area contributed by atoms with Crippen LogP contribution in [0.25, 0.3) is 0 Å². The van der Waals surface area contributed by atoms with Crippen molar-refractivity contribution in [1.82, 2.24) is 5.43 Å². The molecule has 2 fully saturated rings. The largest absolute Gasteiger partial charge is 0.304 e. The number of nitrogens with zero attached hydrogens (tertiary/aromatic N) is 1. The predicted octanol–water partition coefficient (Wildman–Crippen LogP) is 1.77. The zero-order valence-corrected chi connectivity index (χ0v) is 6.82.